The molecule has 0 radical (unpaired) electrons. The Hall–Kier alpha value is -2.39. The van der Waals surface area contributed by atoms with Crippen LogP contribution in [-0.2, 0) is 11.0 Å². The van der Waals surface area contributed by atoms with Crippen LogP contribution in [0.3, 0.4) is 0 Å². The van der Waals surface area contributed by atoms with E-state index in [1.165, 1.54) is 4.90 Å². The van der Waals surface area contributed by atoms with Crippen LogP contribution in [-0.4, -0.2) is 34.1 Å². The van der Waals surface area contributed by atoms with Crippen molar-refractivity contribution in [1.29, 1.82) is 0 Å². The van der Waals surface area contributed by atoms with Gasteiger partial charge in [0.25, 0.3) is 0 Å². The SMILES string of the molecule is O=C(O)CC1CN(c2cc(C(F)(F)F)ncc2[N+](=O)[O-])C1. The van der Waals surface area contributed by atoms with Crippen molar-refractivity contribution in [3.8, 4) is 0 Å². The number of carboxylic acids is 1. The molecule has 0 aliphatic carbocycles. The number of aliphatic carboxylic acids is 1. The molecular formula is C11H10F3N3O4. The van der Waals surface area contributed by atoms with E-state index < -0.39 is 28.5 Å². The van der Waals surface area contributed by atoms with Crippen LogP contribution in [0.5, 0.6) is 0 Å². The van der Waals surface area contributed by atoms with Crippen molar-refractivity contribution in [2.24, 2.45) is 5.92 Å². The highest BCUT2D eigenvalue weighted by Crippen LogP contribution is 2.37. The highest BCUT2D eigenvalue weighted by Gasteiger charge is 2.38. The van der Waals surface area contributed by atoms with Crippen molar-refractivity contribution in [1.82, 2.24) is 4.98 Å². The molecule has 0 aromatic carbocycles. The summed E-state index contributed by atoms with van der Waals surface area (Å²) >= 11 is 0. The van der Waals surface area contributed by atoms with Crippen LogP contribution in [0.25, 0.3) is 0 Å². The Morgan fingerprint density at radius 2 is 2.14 bits per heavy atom. The van der Waals surface area contributed by atoms with Gasteiger partial charge in [0, 0.05) is 19.0 Å². The maximum Gasteiger partial charge on any atom is 0.433 e. The summed E-state index contributed by atoms with van der Waals surface area (Å²) in [6.07, 6.45) is -4.25. The van der Waals surface area contributed by atoms with E-state index in [0.717, 1.165) is 0 Å². The average molecular weight is 305 g/mol. The molecule has 21 heavy (non-hydrogen) atoms. The Kier molecular flexibility index (Phi) is 3.71. The van der Waals surface area contributed by atoms with Crippen molar-refractivity contribution in [3.05, 3.63) is 28.1 Å². The molecule has 0 saturated carbocycles. The lowest BCUT2D eigenvalue weighted by Crippen LogP contribution is -2.47. The third-order valence-electron chi connectivity index (χ3n) is 3.11. The van der Waals surface area contributed by atoms with E-state index in [-0.39, 0.29) is 31.1 Å². The van der Waals surface area contributed by atoms with Gasteiger partial charge in [-0.3, -0.25) is 14.9 Å². The number of aromatic nitrogens is 1. The predicted octanol–water partition coefficient (Wildman–Crippen LogP) is 1.92. The Morgan fingerprint density at radius 1 is 1.52 bits per heavy atom. The minimum absolute atomic E-state index is 0.124. The van der Waals surface area contributed by atoms with E-state index in [0.29, 0.717) is 12.3 Å². The third kappa shape index (κ3) is 3.20. The number of pyridine rings is 1. The monoisotopic (exact) mass is 305 g/mol. The second-order valence-corrected chi connectivity index (χ2v) is 4.68. The van der Waals surface area contributed by atoms with E-state index in [1.54, 1.807) is 0 Å². The van der Waals surface area contributed by atoms with Gasteiger partial charge in [0.2, 0.25) is 0 Å². The van der Waals surface area contributed by atoms with E-state index in [1.807, 2.05) is 0 Å². The van der Waals surface area contributed by atoms with Crippen molar-refractivity contribution in [3.63, 3.8) is 0 Å². The highest BCUT2D eigenvalue weighted by molar-refractivity contribution is 5.69. The van der Waals surface area contributed by atoms with Crippen molar-refractivity contribution in [2.75, 3.05) is 18.0 Å². The van der Waals surface area contributed by atoms with Crippen LogP contribution in [0.15, 0.2) is 12.3 Å². The molecule has 114 valence electrons. The van der Waals surface area contributed by atoms with Crippen molar-refractivity contribution < 1.29 is 28.0 Å². The number of hydrogen-bond donors (Lipinski definition) is 1. The second-order valence-electron chi connectivity index (χ2n) is 4.68. The number of rotatable bonds is 4. The smallest absolute Gasteiger partial charge is 0.433 e. The van der Waals surface area contributed by atoms with Gasteiger partial charge in [0.1, 0.15) is 17.6 Å². The largest absolute Gasteiger partial charge is 0.481 e. The van der Waals surface area contributed by atoms with Crippen LogP contribution in [0, 0.1) is 16.0 Å². The van der Waals surface area contributed by atoms with Gasteiger partial charge in [0.15, 0.2) is 0 Å². The van der Waals surface area contributed by atoms with Gasteiger partial charge in [-0.15, -0.1) is 0 Å². The van der Waals surface area contributed by atoms with Gasteiger partial charge in [-0.1, -0.05) is 0 Å². The predicted molar refractivity (Wildman–Crippen MR) is 63.8 cm³/mol. The molecule has 0 spiro atoms. The Balaban J connectivity index is 2.25. The van der Waals surface area contributed by atoms with Gasteiger partial charge in [-0.05, 0) is 6.07 Å². The summed E-state index contributed by atoms with van der Waals surface area (Å²) in [4.78, 5) is 25.0. The molecular weight excluding hydrogens is 295 g/mol. The molecule has 1 aliphatic rings. The quantitative estimate of drug-likeness (QED) is 0.674. The van der Waals surface area contributed by atoms with Crippen LogP contribution in [0.1, 0.15) is 12.1 Å². The zero-order valence-electron chi connectivity index (χ0n) is 10.5. The number of hydrogen-bond acceptors (Lipinski definition) is 5. The first-order chi connectivity index (χ1) is 9.68. The second kappa shape index (κ2) is 5.19. The lowest BCUT2D eigenvalue weighted by atomic mass is 9.95. The first-order valence-electron chi connectivity index (χ1n) is 5.87. The average Bonchev–Trinajstić information content (AvgIpc) is 2.31. The number of halogens is 3. The summed E-state index contributed by atoms with van der Waals surface area (Å²) in [7, 11) is 0. The van der Waals surface area contributed by atoms with E-state index in [4.69, 9.17) is 5.11 Å². The molecule has 0 amide bonds. The topological polar surface area (TPSA) is 96.6 Å². The van der Waals surface area contributed by atoms with E-state index >= 15 is 0 Å². The molecule has 0 bridgehead atoms. The maximum absolute atomic E-state index is 12.6. The fourth-order valence-corrected chi connectivity index (χ4v) is 2.13. The van der Waals surface area contributed by atoms with Gasteiger partial charge in [-0.25, -0.2) is 4.98 Å². The minimum atomic E-state index is -4.70. The van der Waals surface area contributed by atoms with Gasteiger partial charge >= 0.3 is 17.8 Å². The van der Waals surface area contributed by atoms with Gasteiger partial charge in [0.05, 0.1) is 11.3 Å². The summed E-state index contributed by atoms with van der Waals surface area (Å²) in [6, 6.07) is 0.620. The van der Waals surface area contributed by atoms with Crippen LogP contribution < -0.4 is 4.90 Å². The van der Waals surface area contributed by atoms with Gasteiger partial charge < -0.3 is 10.0 Å². The first-order valence-corrected chi connectivity index (χ1v) is 5.87. The van der Waals surface area contributed by atoms with Crippen LogP contribution in [0.2, 0.25) is 0 Å². The summed E-state index contributed by atoms with van der Waals surface area (Å²) in [5.74, 6) is -1.25. The molecule has 2 rings (SSSR count). The number of carbonyl (C=O) groups is 1. The molecule has 1 aromatic heterocycles. The summed E-state index contributed by atoms with van der Waals surface area (Å²) < 4.78 is 37.8. The molecule has 7 nitrogen and oxygen atoms in total. The fraction of sp³-hybridized carbons (Fsp3) is 0.455. The van der Waals surface area contributed by atoms with E-state index in [2.05, 4.69) is 4.98 Å². The number of nitrogens with zero attached hydrogens (tertiary/aromatic N) is 3. The summed E-state index contributed by atoms with van der Waals surface area (Å²) in [6.45, 7) is 0.322. The molecule has 1 fully saturated rings. The molecule has 1 aliphatic heterocycles. The number of nitro groups is 1. The van der Waals surface area contributed by atoms with Crippen molar-refractivity contribution >= 4 is 17.3 Å². The normalized spacial score (nSPS) is 15.7. The van der Waals surface area contributed by atoms with Crippen LogP contribution in [0.4, 0.5) is 24.5 Å². The Bertz CT molecular complexity index is 585. The van der Waals surface area contributed by atoms with Gasteiger partial charge in [-0.2, -0.15) is 13.2 Å². The first kappa shape index (κ1) is 15.0. The molecule has 0 unspecified atom stereocenters. The molecule has 1 aromatic rings. The molecule has 0 atom stereocenters. The third-order valence-corrected chi connectivity index (χ3v) is 3.11. The highest BCUT2D eigenvalue weighted by atomic mass is 19.4. The lowest BCUT2D eigenvalue weighted by Gasteiger charge is -2.40. The zero-order chi connectivity index (χ0) is 15.8. The zero-order valence-corrected chi connectivity index (χ0v) is 10.5. The number of alkyl halides is 3. The fourth-order valence-electron chi connectivity index (χ4n) is 2.13. The van der Waals surface area contributed by atoms with Crippen molar-refractivity contribution in [2.45, 2.75) is 12.6 Å². The maximum atomic E-state index is 12.6. The summed E-state index contributed by atoms with van der Waals surface area (Å²) in [5.41, 5.74) is -1.94. The molecule has 10 heteroatoms. The minimum Gasteiger partial charge on any atom is -0.481 e. The molecule has 2 heterocycles. The summed E-state index contributed by atoms with van der Waals surface area (Å²) in [5, 5.41) is 19.5. The number of carboxylic acid groups (broad SMARTS) is 1. The van der Waals surface area contributed by atoms with E-state index in [9.17, 15) is 28.1 Å². The molecule has 1 saturated heterocycles. The number of anilines is 1. The Morgan fingerprint density at radius 3 is 2.62 bits per heavy atom. The van der Waals surface area contributed by atoms with Crippen LogP contribution >= 0.6 is 0 Å². The molecule has 1 N–H and O–H groups in total. The Labute approximate surface area is 116 Å². The lowest BCUT2D eigenvalue weighted by molar-refractivity contribution is -0.384. The standard InChI is InChI=1S/C11H10F3N3O4/c12-11(13,14)9-2-7(8(3-15-9)17(20)21)16-4-6(5-16)1-10(18)19/h2-3,6H,1,4-5H2,(H,18,19).